The number of aromatic nitrogens is 1. The lowest BCUT2D eigenvalue weighted by Gasteiger charge is -2.07. The van der Waals surface area contributed by atoms with E-state index in [0.29, 0.717) is 34.6 Å². The van der Waals surface area contributed by atoms with Gasteiger partial charge in [0.1, 0.15) is 12.0 Å². The van der Waals surface area contributed by atoms with Crippen molar-refractivity contribution in [2.75, 3.05) is 18.5 Å². The van der Waals surface area contributed by atoms with Crippen LogP contribution >= 0.6 is 23.2 Å². The Labute approximate surface area is 160 Å². The summed E-state index contributed by atoms with van der Waals surface area (Å²) in [6, 6.07) is 7.57. The van der Waals surface area contributed by atoms with Gasteiger partial charge in [-0.2, -0.15) is 0 Å². The van der Waals surface area contributed by atoms with Crippen LogP contribution in [0.25, 0.3) is 0 Å². The predicted molar refractivity (Wildman–Crippen MR) is 100.0 cm³/mol. The molecule has 9 heteroatoms. The number of halogens is 2. The van der Waals surface area contributed by atoms with Crippen molar-refractivity contribution >= 4 is 40.7 Å². The lowest BCUT2D eigenvalue weighted by atomic mass is 10.2. The Hall–Kier alpha value is -2.38. The highest BCUT2D eigenvalue weighted by atomic mass is 35.5. The summed E-state index contributed by atoms with van der Waals surface area (Å²) in [5, 5.41) is 14.3. The molecule has 0 aliphatic rings. The fourth-order valence-corrected chi connectivity index (χ4v) is 2.39. The molecule has 0 spiro atoms. The van der Waals surface area contributed by atoms with Gasteiger partial charge in [0, 0.05) is 12.6 Å². The minimum atomic E-state index is -0.490. The fourth-order valence-electron chi connectivity index (χ4n) is 2.09. The zero-order valence-electron chi connectivity index (χ0n) is 13.8. The molecule has 26 heavy (non-hydrogen) atoms. The van der Waals surface area contributed by atoms with E-state index in [-0.39, 0.29) is 5.69 Å². The SMILES string of the molecule is O=C(OCCCCCNc1ccc([N+](=O)[O-])cn1)c1ccc(Cl)c(Cl)c1. The maximum atomic E-state index is 11.9. The van der Waals surface area contributed by atoms with Gasteiger partial charge in [0.25, 0.3) is 5.69 Å². The predicted octanol–water partition coefficient (Wildman–Crippen LogP) is 4.74. The number of ether oxygens (including phenoxy) is 1. The van der Waals surface area contributed by atoms with Crippen molar-refractivity contribution < 1.29 is 14.5 Å². The molecule has 0 saturated carbocycles. The summed E-state index contributed by atoms with van der Waals surface area (Å²) in [7, 11) is 0. The first kappa shape index (κ1) is 19.9. The first-order valence-electron chi connectivity index (χ1n) is 7.94. The van der Waals surface area contributed by atoms with Crippen molar-refractivity contribution in [3.05, 3.63) is 62.3 Å². The third kappa shape index (κ3) is 6.16. The second kappa shape index (κ2) is 9.94. The van der Waals surface area contributed by atoms with Crippen molar-refractivity contribution in [2.24, 2.45) is 0 Å². The number of nitrogens with one attached hydrogen (secondary N) is 1. The smallest absolute Gasteiger partial charge is 0.338 e. The highest BCUT2D eigenvalue weighted by molar-refractivity contribution is 6.42. The molecule has 1 heterocycles. The zero-order valence-corrected chi connectivity index (χ0v) is 15.3. The molecule has 0 radical (unpaired) electrons. The van der Waals surface area contributed by atoms with Crippen LogP contribution in [-0.4, -0.2) is 29.0 Å². The Kier molecular flexibility index (Phi) is 7.62. The number of benzene rings is 1. The van der Waals surface area contributed by atoms with Crippen molar-refractivity contribution in [1.82, 2.24) is 4.98 Å². The number of rotatable bonds is 9. The maximum Gasteiger partial charge on any atom is 0.338 e. The van der Waals surface area contributed by atoms with Crippen LogP contribution in [0.4, 0.5) is 11.5 Å². The zero-order chi connectivity index (χ0) is 18.9. The number of anilines is 1. The van der Waals surface area contributed by atoms with Crippen LogP contribution in [0.2, 0.25) is 10.0 Å². The summed E-state index contributed by atoms with van der Waals surface area (Å²) in [5.74, 6) is 0.151. The first-order valence-corrected chi connectivity index (χ1v) is 8.69. The second-order valence-electron chi connectivity index (χ2n) is 5.41. The van der Waals surface area contributed by atoms with Crippen LogP contribution in [-0.2, 0) is 4.74 Å². The number of esters is 1. The molecule has 1 aromatic heterocycles. The van der Waals surface area contributed by atoms with Gasteiger partial charge in [-0.3, -0.25) is 10.1 Å². The molecule has 0 bridgehead atoms. The first-order chi connectivity index (χ1) is 12.5. The molecule has 0 atom stereocenters. The lowest BCUT2D eigenvalue weighted by molar-refractivity contribution is -0.385. The highest BCUT2D eigenvalue weighted by Crippen LogP contribution is 2.23. The monoisotopic (exact) mass is 397 g/mol. The van der Waals surface area contributed by atoms with E-state index >= 15 is 0 Å². The van der Waals surface area contributed by atoms with E-state index in [9.17, 15) is 14.9 Å². The molecule has 0 aliphatic carbocycles. The Morgan fingerprint density at radius 3 is 2.62 bits per heavy atom. The number of nitro groups is 1. The van der Waals surface area contributed by atoms with Crippen LogP contribution in [0, 0.1) is 10.1 Å². The van der Waals surface area contributed by atoms with Crippen LogP contribution in [0.5, 0.6) is 0 Å². The van der Waals surface area contributed by atoms with E-state index in [2.05, 4.69) is 10.3 Å². The molecule has 138 valence electrons. The van der Waals surface area contributed by atoms with Gasteiger partial charge >= 0.3 is 5.97 Å². The third-order valence-electron chi connectivity index (χ3n) is 3.47. The van der Waals surface area contributed by atoms with Gasteiger partial charge in [-0.1, -0.05) is 23.2 Å². The van der Waals surface area contributed by atoms with E-state index in [1.54, 1.807) is 18.2 Å². The number of nitrogens with zero attached hydrogens (tertiary/aromatic N) is 2. The van der Waals surface area contributed by atoms with Gasteiger partial charge in [0.15, 0.2) is 0 Å². The van der Waals surface area contributed by atoms with E-state index in [1.165, 1.54) is 18.3 Å². The van der Waals surface area contributed by atoms with Crippen molar-refractivity contribution in [3.8, 4) is 0 Å². The minimum Gasteiger partial charge on any atom is -0.462 e. The summed E-state index contributed by atoms with van der Waals surface area (Å²) in [6.45, 7) is 0.987. The molecule has 7 nitrogen and oxygen atoms in total. The van der Waals surface area contributed by atoms with Gasteiger partial charge in [-0.15, -0.1) is 0 Å². The average molecular weight is 398 g/mol. The van der Waals surface area contributed by atoms with Crippen LogP contribution in [0.3, 0.4) is 0 Å². The van der Waals surface area contributed by atoms with Crippen LogP contribution in [0.15, 0.2) is 36.5 Å². The summed E-state index contributed by atoms with van der Waals surface area (Å²) in [6.07, 6.45) is 3.64. The average Bonchev–Trinajstić information content (AvgIpc) is 2.63. The summed E-state index contributed by atoms with van der Waals surface area (Å²) >= 11 is 11.7. The number of unbranched alkanes of at least 4 members (excludes halogenated alkanes) is 2. The summed E-state index contributed by atoms with van der Waals surface area (Å²) in [4.78, 5) is 25.9. The van der Waals surface area contributed by atoms with Gasteiger partial charge in [-0.05, 0) is 43.5 Å². The van der Waals surface area contributed by atoms with E-state index in [1.807, 2.05) is 0 Å². The minimum absolute atomic E-state index is 0.0423. The van der Waals surface area contributed by atoms with Gasteiger partial charge in [0.05, 0.1) is 27.1 Å². The van der Waals surface area contributed by atoms with E-state index in [0.717, 1.165) is 19.3 Å². The van der Waals surface area contributed by atoms with Gasteiger partial charge in [0.2, 0.25) is 0 Å². The molecule has 0 fully saturated rings. The Morgan fingerprint density at radius 2 is 1.96 bits per heavy atom. The number of hydrogen-bond donors (Lipinski definition) is 1. The molecule has 0 aliphatic heterocycles. The Balaban J connectivity index is 1.59. The molecule has 0 amide bonds. The molecule has 2 rings (SSSR count). The molecule has 1 aromatic carbocycles. The molecule has 0 saturated heterocycles. The standard InChI is InChI=1S/C17H17Cl2N3O4/c18-14-6-4-12(10-15(14)19)17(23)26-9-3-1-2-8-20-16-7-5-13(11-21-16)22(24)25/h4-7,10-11H,1-3,8-9H2,(H,20,21). The molecular weight excluding hydrogens is 381 g/mol. The number of hydrogen-bond acceptors (Lipinski definition) is 6. The third-order valence-corrected chi connectivity index (χ3v) is 4.21. The number of carbonyl (C=O) groups excluding carboxylic acids is 1. The topological polar surface area (TPSA) is 94.4 Å². The van der Waals surface area contributed by atoms with Crippen LogP contribution < -0.4 is 5.32 Å². The summed E-state index contributed by atoms with van der Waals surface area (Å²) < 4.78 is 5.19. The van der Waals surface area contributed by atoms with Crippen molar-refractivity contribution in [2.45, 2.75) is 19.3 Å². The second-order valence-corrected chi connectivity index (χ2v) is 6.23. The number of pyridine rings is 1. The lowest BCUT2D eigenvalue weighted by Crippen LogP contribution is -2.07. The molecule has 1 N–H and O–H groups in total. The maximum absolute atomic E-state index is 11.9. The Bertz CT molecular complexity index is 769. The normalized spacial score (nSPS) is 10.4. The van der Waals surface area contributed by atoms with Gasteiger partial charge in [-0.25, -0.2) is 9.78 Å². The highest BCUT2D eigenvalue weighted by Gasteiger charge is 2.09. The van der Waals surface area contributed by atoms with Crippen molar-refractivity contribution in [1.29, 1.82) is 0 Å². The van der Waals surface area contributed by atoms with Gasteiger partial charge < -0.3 is 10.1 Å². The molecular formula is C17H17Cl2N3O4. The molecule has 2 aromatic rings. The fraction of sp³-hybridized carbons (Fsp3) is 0.294. The van der Waals surface area contributed by atoms with Crippen LogP contribution in [0.1, 0.15) is 29.6 Å². The summed E-state index contributed by atoms with van der Waals surface area (Å²) in [5.41, 5.74) is 0.324. The quantitative estimate of drug-likeness (QED) is 0.284. The van der Waals surface area contributed by atoms with Crippen molar-refractivity contribution in [3.63, 3.8) is 0 Å². The molecule has 0 unspecified atom stereocenters. The van der Waals surface area contributed by atoms with E-state index in [4.69, 9.17) is 27.9 Å². The largest absolute Gasteiger partial charge is 0.462 e. The number of carbonyl (C=O) groups is 1. The van der Waals surface area contributed by atoms with E-state index < -0.39 is 10.9 Å². The Morgan fingerprint density at radius 1 is 1.15 bits per heavy atom.